The highest BCUT2D eigenvalue weighted by atomic mass is 16.7. The van der Waals surface area contributed by atoms with Gasteiger partial charge in [0.15, 0.2) is 17.2 Å². The highest BCUT2D eigenvalue weighted by Gasteiger charge is 2.15. The Morgan fingerprint density at radius 1 is 1.35 bits per heavy atom. The van der Waals surface area contributed by atoms with Gasteiger partial charge in [0, 0.05) is 5.69 Å². The molecule has 0 saturated carbocycles. The van der Waals surface area contributed by atoms with Gasteiger partial charge in [-0.1, -0.05) is 13.0 Å². The molecule has 1 aliphatic rings. The van der Waals surface area contributed by atoms with Crippen LogP contribution >= 0.6 is 0 Å². The molecular formula is C14H14N2O4. The van der Waals surface area contributed by atoms with Crippen molar-refractivity contribution in [3.05, 3.63) is 41.2 Å². The lowest BCUT2D eigenvalue weighted by atomic mass is 10.2. The lowest BCUT2D eigenvalue weighted by molar-refractivity contribution is 0.0689. The molecule has 0 unspecified atom stereocenters. The van der Waals surface area contributed by atoms with Crippen LogP contribution in [0.2, 0.25) is 0 Å². The van der Waals surface area contributed by atoms with Gasteiger partial charge < -0.3 is 14.6 Å². The summed E-state index contributed by atoms with van der Waals surface area (Å²) in [6, 6.07) is 7.28. The van der Waals surface area contributed by atoms with Gasteiger partial charge in [-0.05, 0) is 30.2 Å². The number of benzene rings is 1. The minimum Gasteiger partial charge on any atom is -0.476 e. The first-order chi connectivity index (χ1) is 9.67. The summed E-state index contributed by atoms with van der Waals surface area (Å²) in [7, 11) is 0. The maximum Gasteiger partial charge on any atom is 0.356 e. The summed E-state index contributed by atoms with van der Waals surface area (Å²) < 4.78 is 12.3. The number of ether oxygens (including phenoxy) is 2. The van der Waals surface area contributed by atoms with Crippen molar-refractivity contribution in [3.8, 4) is 11.5 Å². The molecule has 1 aromatic carbocycles. The normalized spacial score (nSPS) is 12.7. The van der Waals surface area contributed by atoms with Crippen LogP contribution in [0.15, 0.2) is 24.3 Å². The largest absolute Gasteiger partial charge is 0.476 e. The number of aromatic nitrogens is 2. The number of aryl methyl sites for hydroxylation is 1. The third-order valence-electron chi connectivity index (χ3n) is 3.21. The summed E-state index contributed by atoms with van der Waals surface area (Å²) in [5.74, 6) is 0.437. The number of fused-ring (bicyclic) bond motifs is 1. The summed E-state index contributed by atoms with van der Waals surface area (Å²) >= 11 is 0. The van der Waals surface area contributed by atoms with Crippen LogP contribution in [-0.2, 0) is 13.0 Å². The molecule has 1 aliphatic heterocycles. The van der Waals surface area contributed by atoms with Gasteiger partial charge in [-0.3, -0.25) is 4.68 Å². The van der Waals surface area contributed by atoms with Crippen molar-refractivity contribution < 1.29 is 19.4 Å². The van der Waals surface area contributed by atoms with Crippen molar-refractivity contribution in [1.82, 2.24) is 9.78 Å². The third-order valence-corrected chi connectivity index (χ3v) is 3.21. The van der Waals surface area contributed by atoms with Gasteiger partial charge in [-0.25, -0.2) is 4.79 Å². The van der Waals surface area contributed by atoms with Gasteiger partial charge in [0.2, 0.25) is 6.79 Å². The van der Waals surface area contributed by atoms with E-state index in [2.05, 4.69) is 5.10 Å². The Bertz CT molecular complexity index is 663. The number of hydrogen-bond acceptors (Lipinski definition) is 4. The van der Waals surface area contributed by atoms with E-state index in [0.717, 1.165) is 23.4 Å². The molecule has 0 atom stereocenters. The molecule has 0 spiro atoms. The quantitative estimate of drug-likeness (QED) is 0.922. The SMILES string of the molecule is CCc1cc(C(=O)O)nn1Cc1ccc2c(c1)OCO2. The van der Waals surface area contributed by atoms with Gasteiger partial charge >= 0.3 is 5.97 Å². The van der Waals surface area contributed by atoms with Crippen LogP contribution in [0.5, 0.6) is 11.5 Å². The van der Waals surface area contributed by atoms with E-state index in [0.29, 0.717) is 12.3 Å². The topological polar surface area (TPSA) is 73.6 Å². The van der Waals surface area contributed by atoms with Crippen LogP contribution in [0.25, 0.3) is 0 Å². The van der Waals surface area contributed by atoms with Crippen LogP contribution in [0.4, 0.5) is 0 Å². The average molecular weight is 274 g/mol. The lowest BCUT2D eigenvalue weighted by Gasteiger charge is -2.06. The van der Waals surface area contributed by atoms with Gasteiger partial charge in [-0.2, -0.15) is 5.10 Å². The molecule has 20 heavy (non-hydrogen) atoms. The van der Waals surface area contributed by atoms with Crippen LogP contribution in [0.3, 0.4) is 0 Å². The van der Waals surface area contributed by atoms with Gasteiger partial charge in [-0.15, -0.1) is 0 Å². The fourth-order valence-corrected chi connectivity index (χ4v) is 2.19. The van der Waals surface area contributed by atoms with E-state index >= 15 is 0 Å². The van der Waals surface area contributed by atoms with Gasteiger partial charge in [0.1, 0.15) is 0 Å². The Hall–Kier alpha value is -2.50. The van der Waals surface area contributed by atoms with Crippen LogP contribution in [0.1, 0.15) is 28.7 Å². The fourth-order valence-electron chi connectivity index (χ4n) is 2.19. The van der Waals surface area contributed by atoms with E-state index in [4.69, 9.17) is 14.6 Å². The van der Waals surface area contributed by atoms with Crippen LogP contribution in [-0.4, -0.2) is 27.6 Å². The summed E-state index contributed by atoms with van der Waals surface area (Å²) in [6.07, 6.45) is 0.727. The number of carboxylic acid groups (broad SMARTS) is 1. The standard InChI is InChI=1S/C14H14N2O4/c1-2-10-6-11(14(17)18)15-16(10)7-9-3-4-12-13(5-9)20-8-19-12/h3-6H,2,7-8H2,1H3,(H,17,18). The number of nitrogens with zero attached hydrogens (tertiary/aromatic N) is 2. The molecule has 0 amide bonds. The highest BCUT2D eigenvalue weighted by molar-refractivity contribution is 5.85. The monoisotopic (exact) mass is 274 g/mol. The maximum absolute atomic E-state index is 11.0. The minimum atomic E-state index is -1.01. The van der Waals surface area contributed by atoms with Crippen molar-refractivity contribution in [2.75, 3.05) is 6.79 Å². The van der Waals surface area contributed by atoms with E-state index < -0.39 is 5.97 Å². The summed E-state index contributed by atoms with van der Waals surface area (Å²) in [5, 5.41) is 13.1. The maximum atomic E-state index is 11.0. The fraction of sp³-hybridized carbons (Fsp3) is 0.286. The second-order valence-corrected chi connectivity index (χ2v) is 4.52. The molecule has 2 heterocycles. The predicted octanol–water partition coefficient (Wildman–Crippen LogP) is 1.92. The van der Waals surface area contributed by atoms with Crippen molar-refractivity contribution in [3.63, 3.8) is 0 Å². The zero-order valence-corrected chi connectivity index (χ0v) is 11.0. The number of hydrogen-bond donors (Lipinski definition) is 1. The summed E-state index contributed by atoms with van der Waals surface area (Å²) in [4.78, 5) is 11.0. The van der Waals surface area contributed by atoms with E-state index in [1.807, 2.05) is 25.1 Å². The molecule has 104 valence electrons. The molecule has 0 saturated heterocycles. The van der Waals surface area contributed by atoms with Gasteiger partial charge in [0.25, 0.3) is 0 Å². The Morgan fingerprint density at radius 2 is 2.15 bits per heavy atom. The van der Waals surface area contributed by atoms with Crippen LogP contribution < -0.4 is 9.47 Å². The summed E-state index contributed by atoms with van der Waals surface area (Å²) in [6.45, 7) is 2.72. The smallest absolute Gasteiger partial charge is 0.356 e. The third kappa shape index (κ3) is 2.20. The highest BCUT2D eigenvalue weighted by Crippen LogP contribution is 2.32. The average Bonchev–Trinajstić information content (AvgIpc) is 3.04. The Morgan fingerprint density at radius 3 is 2.90 bits per heavy atom. The van der Waals surface area contributed by atoms with E-state index in [1.54, 1.807) is 10.7 Å². The first kappa shape index (κ1) is 12.5. The predicted molar refractivity (Wildman–Crippen MR) is 70.2 cm³/mol. The molecular weight excluding hydrogens is 260 g/mol. The second-order valence-electron chi connectivity index (χ2n) is 4.52. The van der Waals surface area contributed by atoms with E-state index in [1.165, 1.54) is 0 Å². The molecule has 0 radical (unpaired) electrons. The molecule has 1 N–H and O–H groups in total. The second kappa shape index (κ2) is 4.88. The zero-order chi connectivity index (χ0) is 14.1. The molecule has 0 bridgehead atoms. The van der Waals surface area contributed by atoms with Crippen LogP contribution in [0, 0.1) is 0 Å². The van der Waals surface area contributed by atoms with E-state index in [9.17, 15) is 4.79 Å². The van der Waals surface area contributed by atoms with Crippen molar-refractivity contribution in [2.45, 2.75) is 19.9 Å². The Kier molecular flexibility index (Phi) is 3.06. The molecule has 6 heteroatoms. The molecule has 0 fully saturated rings. The number of carbonyl (C=O) groups is 1. The summed E-state index contributed by atoms with van der Waals surface area (Å²) in [5.41, 5.74) is 1.95. The number of carboxylic acids is 1. The number of aromatic carboxylic acids is 1. The molecule has 2 aromatic rings. The van der Waals surface area contributed by atoms with Gasteiger partial charge in [0.05, 0.1) is 6.54 Å². The first-order valence-corrected chi connectivity index (χ1v) is 6.36. The van der Waals surface area contributed by atoms with Crippen molar-refractivity contribution in [2.24, 2.45) is 0 Å². The molecule has 6 nitrogen and oxygen atoms in total. The molecule has 0 aliphatic carbocycles. The molecule has 3 rings (SSSR count). The minimum absolute atomic E-state index is 0.0718. The zero-order valence-electron chi connectivity index (χ0n) is 11.0. The first-order valence-electron chi connectivity index (χ1n) is 6.36. The number of rotatable bonds is 4. The van der Waals surface area contributed by atoms with E-state index in [-0.39, 0.29) is 12.5 Å². The van der Waals surface area contributed by atoms with Crippen molar-refractivity contribution in [1.29, 1.82) is 0 Å². The Labute approximate surface area is 115 Å². The Balaban J connectivity index is 1.89. The van der Waals surface area contributed by atoms with Crippen molar-refractivity contribution >= 4 is 5.97 Å². The molecule has 1 aromatic heterocycles. The lowest BCUT2D eigenvalue weighted by Crippen LogP contribution is -2.07.